The maximum absolute atomic E-state index is 13.4. The van der Waals surface area contributed by atoms with E-state index < -0.39 is 0 Å². The highest BCUT2D eigenvalue weighted by molar-refractivity contribution is 14.0. The van der Waals surface area contributed by atoms with Crippen LogP contribution in [0.15, 0.2) is 29.3 Å². The van der Waals surface area contributed by atoms with Gasteiger partial charge >= 0.3 is 0 Å². The minimum Gasteiger partial charge on any atom is -0.489 e. The number of halogens is 2. The molecule has 174 valence electrons. The molecule has 1 unspecified atom stereocenters. The second-order valence-electron chi connectivity index (χ2n) is 6.85. The first kappa shape index (κ1) is 27.1. The number of benzene rings is 1. The Kier molecular flexibility index (Phi) is 13.1. The van der Waals surface area contributed by atoms with E-state index in [1.54, 1.807) is 12.1 Å². The van der Waals surface area contributed by atoms with Crippen molar-refractivity contribution in [3.05, 3.63) is 41.7 Å². The van der Waals surface area contributed by atoms with E-state index >= 15 is 0 Å². The van der Waals surface area contributed by atoms with Gasteiger partial charge in [0.15, 0.2) is 11.8 Å². The van der Waals surface area contributed by atoms with Crippen LogP contribution in [0.25, 0.3) is 0 Å². The third-order valence-corrected chi connectivity index (χ3v) is 4.57. The summed E-state index contributed by atoms with van der Waals surface area (Å²) in [6.45, 7) is 8.97. The summed E-state index contributed by atoms with van der Waals surface area (Å²) in [6, 6.07) is 6.18. The number of nitrogens with one attached hydrogen (secondary N) is 2. The van der Waals surface area contributed by atoms with Gasteiger partial charge in [-0.05, 0) is 38.8 Å². The smallest absolute Gasteiger partial charge is 0.191 e. The summed E-state index contributed by atoms with van der Waals surface area (Å²) in [5.74, 6) is 2.49. The van der Waals surface area contributed by atoms with Crippen molar-refractivity contribution in [2.24, 2.45) is 12.0 Å². The normalized spacial score (nSPS) is 12.2. The van der Waals surface area contributed by atoms with Crippen LogP contribution in [0.5, 0.6) is 5.75 Å². The lowest BCUT2D eigenvalue weighted by molar-refractivity contribution is 0.145. The predicted molar refractivity (Wildman–Crippen MR) is 131 cm³/mol. The maximum Gasteiger partial charge on any atom is 0.191 e. The largest absolute Gasteiger partial charge is 0.489 e. The molecule has 0 aliphatic carbocycles. The predicted octanol–water partition coefficient (Wildman–Crippen LogP) is 3.20. The third kappa shape index (κ3) is 9.81. The zero-order valence-corrected chi connectivity index (χ0v) is 21.1. The fourth-order valence-electron chi connectivity index (χ4n) is 2.65. The van der Waals surface area contributed by atoms with Crippen LogP contribution in [-0.2, 0) is 18.3 Å². The Morgan fingerprint density at radius 3 is 2.71 bits per heavy atom. The molecule has 0 saturated carbocycles. The average Bonchev–Trinajstić information content (AvgIpc) is 3.06. The molecule has 1 atom stereocenters. The lowest BCUT2D eigenvalue weighted by atomic mass is 10.2. The van der Waals surface area contributed by atoms with Gasteiger partial charge < -0.3 is 24.7 Å². The summed E-state index contributed by atoms with van der Waals surface area (Å²) in [4.78, 5) is 4.63. The lowest BCUT2D eigenvalue weighted by Gasteiger charge is -2.20. The fourth-order valence-corrected chi connectivity index (χ4v) is 2.65. The Morgan fingerprint density at radius 1 is 1.26 bits per heavy atom. The molecule has 0 bridgehead atoms. The summed E-state index contributed by atoms with van der Waals surface area (Å²) >= 11 is 0. The van der Waals surface area contributed by atoms with Gasteiger partial charge in [0.2, 0.25) is 0 Å². The van der Waals surface area contributed by atoms with E-state index in [4.69, 9.17) is 9.47 Å². The van der Waals surface area contributed by atoms with E-state index in [0.29, 0.717) is 38.0 Å². The number of aliphatic imine (C=N–C) groups is 1. The van der Waals surface area contributed by atoms with Crippen molar-refractivity contribution in [1.29, 1.82) is 0 Å². The van der Waals surface area contributed by atoms with Crippen LogP contribution in [0.4, 0.5) is 4.39 Å². The Bertz CT molecular complexity index is 802. The maximum atomic E-state index is 13.4. The standard InChI is InChI=1S/C21H33FN6O2.HI/c1-5-18(30-19-10-7-9-17(22)13-19)14-24-21(23-11-8-12-29-6-2)25-15-20-27-26-16(3)28(20)4;/h7,9-10,13,18H,5-6,8,11-12,14-15H2,1-4H3,(H2,23,24,25);1H. The molecule has 0 radical (unpaired) electrons. The molecule has 0 spiro atoms. The van der Waals surface area contributed by atoms with Crippen molar-refractivity contribution in [2.75, 3.05) is 26.3 Å². The van der Waals surface area contributed by atoms with Crippen molar-refractivity contribution in [3.63, 3.8) is 0 Å². The van der Waals surface area contributed by atoms with Gasteiger partial charge in [-0.3, -0.25) is 0 Å². The molecule has 0 saturated heterocycles. The van der Waals surface area contributed by atoms with E-state index in [2.05, 4.69) is 25.8 Å². The Balaban J connectivity index is 0.00000480. The summed E-state index contributed by atoms with van der Waals surface area (Å²) in [7, 11) is 1.92. The molecule has 2 rings (SSSR count). The van der Waals surface area contributed by atoms with E-state index in [0.717, 1.165) is 31.0 Å². The van der Waals surface area contributed by atoms with Gasteiger partial charge in [-0.2, -0.15) is 0 Å². The number of ether oxygens (including phenoxy) is 2. The highest BCUT2D eigenvalue weighted by Crippen LogP contribution is 2.14. The molecule has 10 heteroatoms. The molecule has 1 aromatic heterocycles. The van der Waals surface area contributed by atoms with E-state index in [9.17, 15) is 4.39 Å². The Labute approximate surface area is 201 Å². The number of aryl methyl sites for hydroxylation is 1. The second-order valence-corrected chi connectivity index (χ2v) is 6.85. The monoisotopic (exact) mass is 548 g/mol. The molecular weight excluding hydrogens is 514 g/mol. The number of nitrogens with zero attached hydrogens (tertiary/aromatic N) is 4. The number of hydrogen-bond donors (Lipinski definition) is 2. The highest BCUT2D eigenvalue weighted by atomic mass is 127. The molecule has 31 heavy (non-hydrogen) atoms. The zero-order valence-electron chi connectivity index (χ0n) is 18.7. The van der Waals surface area contributed by atoms with Crippen LogP contribution in [0.1, 0.15) is 38.3 Å². The average molecular weight is 548 g/mol. The fraction of sp³-hybridized carbons (Fsp3) is 0.571. The van der Waals surface area contributed by atoms with Gasteiger partial charge in [0, 0.05) is 32.9 Å². The van der Waals surface area contributed by atoms with Gasteiger partial charge in [0.1, 0.15) is 30.0 Å². The van der Waals surface area contributed by atoms with Crippen LogP contribution in [0.3, 0.4) is 0 Å². The summed E-state index contributed by atoms with van der Waals surface area (Å²) in [6.07, 6.45) is 1.51. The lowest BCUT2D eigenvalue weighted by Crippen LogP contribution is -2.43. The van der Waals surface area contributed by atoms with Crippen LogP contribution < -0.4 is 15.4 Å². The van der Waals surface area contributed by atoms with E-state index in [1.165, 1.54) is 12.1 Å². The molecule has 0 fully saturated rings. The molecule has 0 amide bonds. The van der Waals surface area contributed by atoms with Gasteiger partial charge in [-0.1, -0.05) is 13.0 Å². The number of guanidine groups is 1. The second kappa shape index (κ2) is 15.0. The topological polar surface area (TPSA) is 85.6 Å². The quantitative estimate of drug-likeness (QED) is 0.184. The highest BCUT2D eigenvalue weighted by Gasteiger charge is 2.11. The molecule has 8 nitrogen and oxygen atoms in total. The Morgan fingerprint density at radius 2 is 2.06 bits per heavy atom. The van der Waals surface area contributed by atoms with Gasteiger partial charge in [-0.15, -0.1) is 34.2 Å². The van der Waals surface area contributed by atoms with Gasteiger partial charge in [0.25, 0.3) is 0 Å². The van der Waals surface area contributed by atoms with E-state index in [1.807, 2.05) is 32.4 Å². The zero-order chi connectivity index (χ0) is 21.8. The van der Waals surface area contributed by atoms with E-state index in [-0.39, 0.29) is 35.9 Å². The number of rotatable bonds is 12. The summed E-state index contributed by atoms with van der Waals surface area (Å²) in [5, 5.41) is 14.8. The molecule has 1 aromatic carbocycles. The first-order valence-corrected chi connectivity index (χ1v) is 10.4. The Hall–Kier alpha value is -1.95. The van der Waals surface area contributed by atoms with Crippen LogP contribution in [0.2, 0.25) is 0 Å². The summed E-state index contributed by atoms with van der Waals surface area (Å²) in [5.41, 5.74) is 0. The van der Waals surface area contributed by atoms with Crippen molar-refractivity contribution < 1.29 is 13.9 Å². The number of aromatic nitrogens is 3. The van der Waals surface area contributed by atoms with Crippen LogP contribution in [0, 0.1) is 12.7 Å². The first-order chi connectivity index (χ1) is 14.5. The summed E-state index contributed by atoms with van der Waals surface area (Å²) < 4.78 is 26.6. The van der Waals surface area contributed by atoms with Gasteiger partial charge in [-0.25, -0.2) is 9.38 Å². The molecule has 1 heterocycles. The minimum absolute atomic E-state index is 0. The van der Waals surface area contributed by atoms with Crippen LogP contribution >= 0.6 is 24.0 Å². The molecule has 2 aromatic rings. The van der Waals surface area contributed by atoms with Gasteiger partial charge in [0.05, 0.1) is 6.54 Å². The third-order valence-electron chi connectivity index (χ3n) is 4.57. The van der Waals surface area contributed by atoms with Crippen molar-refractivity contribution in [1.82, 2.24) is 25.4 Å². The van der Waals surface area contributed by atoms with Crippen molar-refractivity contribution in [2.45, 2.75) is 46.3 Å². The SMILES string of the molecule is CCOCCCNC(=NCc1nnc(C)n1C)NCC(CC)Oc1cccc(F)c1.I. The van der Waals surface area contributed by atoms with Crippen molar-refractivity contribution in [3.8, 4) is 5.75 Å². The number of hydrogen-bond acceptors (Lipinski definition) is 5. The minimum atomic E-state index is -0.313. The molecule has 2 N–H and O–H groups in total. The van der Waals surface area contributed by atoms with Crippen LogP contribution in [-0.4, -0.2) is 53.1 Å². The molecule has 0 aliphatic heterocycles. The molecular formula is C21H34FIN6O2. The first-order valence-electron chi connectivity index (χ1n) is 10.4. The molecule has 0 aliphatic rings. The van der Waals surface area contributed by atoms with Crippen molar-refractivity contribution >= 4 is 29.9 Å².